The molecule has 1 rings (SSSR count). The molecule has 1 N–H and O–H groups in total. The Morgan fingerprint density at radius 2 is 1.86 bits per heavy atom. The van der Waals surface area contributed by atoms with Crippen molar-refractivity contribution in [3.05, 3.63) is 0 Å². The van der Waals surface area contributed by atoms with Gasteiger partial charge in [0.15, 0.2) is 0 Å². The van der Waals surface area contributed by atoms with Gasteiger partial charge in [0.2, 0.25) is 0 Å². The lowest BCUT2D eigenvalue weighted by Crippen LogP contribution is -1.96. The quantitative estimate of drug-likeness (QED) is 0.544. The summed E-state index contributed by atoms with van der Waals surface area (Å²) >= 11 is 3.33. The summed E-state index contributed by atoms with van der Waals surface area (Å²) in [5.74, 6) is 2.32. The van der Waals surface area contributed by atoms with E-state index in [9.17, 15) is 0 Å². The number of hydrogen-bond acceptors (Lipinski definition) is 3. The molecule has 1 fully saturated rings. The van der Waals surface area contributed by atoms with Gasteiger partial charge in [-0.2, -0.15) is 0 Å². The van der Waals surface area contributed by atoms with Crippen LogP contribution in [0.3, 0.4) is 0 Å². The molecule has 1 heterocycles. The molecule has 0 saturated carbocycles. The van der Waals surface area contributed by atoms with Gasteiger partial charge in [0.25, 0.3) is 0 Å². The first-order valence-corrected chi connectivity index (χ1v) is 4.21. The maximum absolute atomic E-state index is 7.11. The van der Waals surface area contributed by atoms with Crippen molar-refractivity contribution in [1.29, 1.82) is 5.41 Å². The highest BCUT2D eigenvalue weighted by atomic mass is 32.2. The van der Waals surface area contributed by atoms with Crippen LogP contribution in [0.4, 0.5) is 0 Å². The van der Waals surface area contributed by atoms with Crippen LogP contribution in [0.5, 0.6) is 0 Å². The fraction of sp³-hybridized carbons (Fsp3) is 0.750. The van der Waals surface area contributed by atoms with Gasteiger partial charge in [-0.3, -0.25) is 5.41 Å². The van der Waals surface area contributed by atoms with Crippen molar-refractivity contribution < 1.29 is 0 Å². The van der Waals surface area contributed by atoms with Crippen LogP contribution in [0.25, 0.3) is 0 Å². The van der Waals surface area contributed by atoms with E-state index in [0.29, 0.717) is 0 Å². The van der Waals surface area contributed by atoms with Crippen LogP contribution in [-0.4, -0.2) is 15.9 Å². The highest BCUT2D eigenvalue weighted by Crippen LogP contribution is 2.22. The summed E-state index contributed by atoms with van der Waals surface area (Å²) in [5.41, 5.74) is 0. The van der Waals surface area contributed by atoms with E-state index in [1.54, 1.807) is 23.5 Å². The Morgan fingerprint density at radius 1 is 1.29 bits per heavy atom. The number of thioether (sulfide) groups is 2. The van der Waals surface area contributed by atoms with E-state index < -0.39 is 0 Å². The third-order valence-corrected chi connectivity index (χ3v) is 2.97. The van der Waals surface area contributed by atoms with Gasteiger partial charge in [-0.25, -0.2) is 0 Å². The van der Waals surface area contributed by atoms with Gasteiger partial charge in [-0.1, -0.05) is 0 Å². The average Bonchev–Trinajstić information content (AvgIpc) is 1.69. The molecule has 1 nitrogen and oxygen atoms in total. The molecule has 0 aromatic carbocycles. The van der Waals surface area contributed by atoms with E-state index >= 15 is 0 Å². The summed E-state index contributed by atoms with van der Waals surface area (Å²) in [6.45, 7) is 0. The Balaban J connectivity index is 2.25. The van der Waals surface area contributed by atoms with E-state index in [1.165, 1.54) is 6.42 Å². The van der Waals surface area contributed by atoms with Gasteiger partial charge in [-0.15, -0.1) is 23.5 Å². The molecule has 0 radical (unpaired) electrons. The fourth-order valence-corrected chi connectivity index (χ4v) is 2.39. The number of nitrogens with one attached hydrogen (secondary N) is 1. The Bertz CT molecular complexity index is 73.8. The Kier molecular flexibility index (Phi) is 2.06. The molecule has 7 heavy (non-hydrogen) atoms. The van der Waals surface area contributed by atoms with E-state index in [4.69, 9.17) is 5.41 Å². The van der Waals surface area contributed by atoms with E-state index in [2.05, 4.69) is 0 Å². The normalized spacial score (nSPS) is 22.6. The van der Waals surface area contributed by atoms with Crippen LogP contribution in [0, 0.1) is 5.41 Å². The van der Waals surface area contributed by atoms with Crippen molar-refractivity contribution in [3.63, 3.8) is 0 Å². The van der Waals surface area contributed by atoms with Gasteiger partial charge in [-0.05, 0) is 6.42 Å². The lowest BCUT2D eigenvalue weighted by atomic mass is 10.6. The zero-order chi connectivity index (χ0) is 5.11. The third-order valence-electron chi connectivity index (χ3n) is 0.755. The van der Waals surface area contributed by atoms with E-state index in [-0.39, 0.29) is 0 Å². The molecular weight excluding hydrogens is 126 g/mol. The smallest absolute Gasteiger partial charge is 0.121 e. The van der Waals surface area contributed by atoms with Crippen molar-refractivity contribution in [2.75, 3.05) is 11.5 Å². The predicted molar refractivity (Wildman–Crippen MR) is 37.3 cm³/mol. The summed E-state index contributed by atoms with van der Waals surface area (Å²) in [4.78, 5) is 0. The minimum Gasteiger partial charge on any atom is -0.288 e. The summed E-state index contributed by atoms with van der Waals surface area (Å²) in [7, 11) is 0. The van der Waals surface area contributed by atoms with Crippen LogP contribution in [0.15, 0.2) is 0 Å². The molecule has 3 heteroatoms. The molecule has 40 valence electrons. The zero-order valence-electron chi connectivity index (χ0n) is 3.94. The molecule has 0 amide bonds. The summed E-state index contributed by atoms with van der Waals surface area (Å²) in [6.07, 6.45) is 1.28. The van der Waals surface area contributed by atoms with Crippen LogP contribution in [0.1, 0.15) is 6.42 Å². The predicted octanol–water partition coefficient (Wildman–Crippen LogP) is 1.79. The molecule has 0 unspecified atom stereocenters. The second kappa shape index (κ2) is 2.62. The van der Waals surface area contributed by atoms with Gasteiger partial charge < -0.3 is 0 Å². The molecule has 0 aromatic rings. The van der Waals surface area contributed by atoms with E-state index in [1.807, 2.05) is 0 Å². The molecule has 0 spiro atoms. The third kappa shape index (κ3) is 1.74. The van der Waals surface area contributed by atoms with Gasteiger partial charge in [0, 0.05) is 11.5 Å². The maximum Gasteiger partial charge on any atom is 0.121 e. The Morgan fingerprint density at radius 3 is 2.14 bits per heavy atom. The van der Waals surface area contributed by atoms with Crippen LogP contribution in [0.2, 0.25) is 0 Å². The highest BCUT2D eigenvalue weighted by Gasteiger charge is 2.03. The number of rotatable bonds is 0. The lowest BCUT2D eigenvalue weighted by Gasteiger charge is -2.07. The van der Waals surface area contributed by atoms with Gasteiger partial charge in [0.1, 0.15) is 4.38 Å². The standard InChI is InChI=1S/C4H7NS2/c5-4-6-2-1-3-7-4/h5H,1-3H2. The van der Waals surface area contributed by atoms with Gasteiger partial charge in [0.05, 0.1) is 0 Å². The Hall–Kier alpha value is 0.370. The largest absolute Gasteiger partial charge is 0.288 e. The molecule has 1 aliphatic heterocycles. The monoisotopic (exact) mass is 133 g/mol. The maximum atomic E-state index is 7.11. The zero-order valence-corrected chi connectivity index (χ0v) is 5.57. The summed E-state index contributed by atoms with van der Waals surface area (Å²) < 4.78 is 0.797. The first-order chi connectivity index (χ1) is 3.39. The van der Waals surface area contributed by atoms with Crippen LogP contribution in [-0.2, 0) is 0 Å². The second-order valence-corrected chi connectivity index (χ2v) is 3.81. The fourth-order valence-electron chi connectivity index (χ4n) is 0.430. The second-order valence-electron chi connectivity index (χ2n) is 1.34. The summed E-state index contributed by atoms with van der Waals surface area (Å²) in [6, 6.07) is 0. The van der Waals surface area contributed by atoms with E-state index in [0.717, 1.165) is 15.9 Å². The minimum atomic E-state index is 0.797. The molecular formula is C4H7NS2. The SMILES string of the molecule is N=C1SCCCS1. The van der Waals surface area contributed by atoms with Crippen molar-refractivity contribution in [2.45, 2.75) is 6.42 Å². The minimum absolute atomic E-state index is 0.797. The van der Waals surface area contributed by atoms with Crippen LogP contribution >= 0.6 is 23.5 Å². The molecule has 1 saturated heterocycles. The van der Waals surface area contributed by atoms with Crippen molar-refractivity contribution in [1.82, 2.24) is 0 Å². The molecule has 0 atom stereocenters. The topological polar surface area (TPSA) is 23.9 Å². The van der Waals surface area contributed by atoms with Crippen molar-refractivity contribution >= 4 is 27.9 Å². The first kappa shape index (κ1) is 5.51. The van der Waals surface area contributed by atoms with Gasteiger partial charge >= 0.3 is 0 Å². The lowest BCUT2D eigenvalue weighted by molar-refractivity contribution is 1.13. The average molecular weight is 133 g/mol. The highest BCUT2D eigenvalue weighted by molar-refractivity contribution is 8.39. The molecule has 0 aromatic heterocycles. The molecule has 1 aliphatic rings. The molecule has 0 aliphatic carbocycles. The van der Waals surface area contributed by atoms with Crippen LogP contribution < -0.4 is 0 Å². The van der Waals surface area contributed by atoms with Crippen molar-refractivity contribution in [3.8, 4) is 0 Å². The first-order valence-electron chi connectivity index (χ1n) is 2.24. The number of hydrogen-bond donors (Lipinski definition) is 1. The summed E-state index contributed by atoms with van der Waals surface area (Å²) in [5, 5.41) is 7.11. The Labute approximate surface area is 51.8 Å². The molecule has 0 bridgehead atoms. The van der Waals surface area contributed by atoms with Crippen molar-refractivity contribution in [2.24, 2.45) is 0 Å².